The fourth-order valence-corrected chi connectivity index (χ4v) is 5.09. The third-order valence-corrected chi connectivity index (χ3v) is 7.32. The van der Waals surface area contributed by atoms with E-state index in [4.69, 9.17) is 20.3 Å². The minimum atomic E-state index is -1.42. The lowest BCUT2D eigenvalue weighted by Crippen LogP contribution is -2.55. The van der Waals surface area contributed by atoms with E-state index in [2.05, 4.69) is 17.3 Å². The molecule has 1 aliphatic carbocycles. The van der Waals surface area contributed by atoms with E-state index in [-0.39, 0.29) is 25.3 Å². The summed E-state index contributed by atoms with van der Waals surface area (Å²) < 4.78 is 11.8. The van der Waals surface area contributed by atoms with Crippen LogP contribution in [0.3, 0.4) is 0 Å². The molecule has 3 aromatic rings. The number of fused-ring (bicyclic) bond motifs is 1. The van der Waals surface area contributed by atoms with Crippen molar-refractivity contribution in [3.05, 3.63) is 67.3 Å². The summed E-state index contributed by atoms with van der Waals surface area (Å²) in [5, 5.41) is 13.1. The maximum atomic E-state index is 13.3. The van der Waals surface area contributed by atoms with Gasteiger partial charge in [-0.1, -0.05) is 36.4 Å². The standard InChI is InChI=1S/C28H29N5O6/c1-3-17-14-28(17,26(35)36)31-25(34)23-12-19(15-33(23)27(37)32-29)39-24-13-21(16-7-5-4-6-8-16)30-22-11-18(38-2)9-10-20(22)24/h3-11,13,17,19,23H,1,12,14-15,29H2,2H3,(H,31,34)(H,32,37)(H,35,36)/t17-,19-,23+,28?/m1/s1. The SMILES string of the molecule is C=C[C@@H]1CC1(NC(=O)[C@@H]1C[C@@H](Oc2cc(-c3ccccc3)nc3cc(OC)ccc23)CN1C(=O)NN)C(=O)O. The van der Waals surface area contributed by atoms with Crippen molar-refractivity contribution in [1.29, 1.82) is 0 Å². The Hall–Kier alpha value is -4.64. The molecule has 2 aromatic carbocycles. The molecule has 11 nitrogen and oxygen atoms in total. The molecular weight excluding hydrogens is 502 g/mol. The van der Waals surface area contributed by atoms with Gasteiger partial charge in [0, 0.05) is 35.4 Å². The van der Waals surface area contributed by atoms with E-state index in [1.807, 2.05) is 48.5 Å². The summed E-state index contributed by atoms with van der Waals surface area (Å²) in [5.74, 6) is 4.43. The van der Waals surface area contributed by atoms with Crippen LogP contribution in [0.25, 0.3) is 22.2 Å². The van der Waals surface area contributed by atoms with Gasteiger partial charge in [-0.3, -0.25) is 10.2 Å². The molecule has 5 rings (SSSR count). The summed E-state index contributed by atoms with van der Waals surface area (Å²) in [6.45, 7) is 3.71. The van der Waals surface area contributed by atoms with Crippen LogP contribution >= 0.6 is 0 Å². The summed E-state index contributed by atoms with van der Waals surface area (Å²) in [6.07, 6.45) is 1.30. The second kappa shape index (κ2) is 10.3. The second-order valence-electron chi connectivity index (χ2n) is 9.66. The summed E-state index contributed by atoms with van der Waals surface area (Å²) in [7, 11) is 1.58. The number of hydrogen-bond acceptors (Lipinski definition) is 7. The van der Waals surface area contributed by atoms with Gasteiger partial charge in [-0.2, -0.15) is 0 Å². The van der Waals surface area contributed by atoms with Crippen LogP contribution in [0.5, 0.6) is 11.5 Å². The second-order valence-corrected chi connectivity index (χ2v) is 9.66. The fraction of sp³-hybridized carbons (Fsp3) is 0.286. The first kappa shape index (κ1) is 26.0. The Balaban J connectivity index is 1.45. The van der Waals surface area contributed by atoms with Gasteiger partial charge < -0.3 is 24.8 Å². The average Bonchev–Trinajstić information content (AvgIpc) is 3.52. The molecule has 5 N–H and O–H groups in total. The van der Waals surface area contributed by atoms with Crippen LogP contribution in [0.1, 0.15) is 12.8 Å². The van der Waals surface area contributed by atoms with Crippen molar-refractivity contribution in [3.63, 3.8) is 0 Å². The highest BCUT2D eigenvalue weighted by molar-refractivity contribution is 5.94. The Bertz CT molecular complexity index is 1450. The summed E-state index contributed by atoms with van der Waals surface area (Å²) in [4.78, 5) is 43.8. The largest absolute Gasteiger partial charge is 0.497 e. The molecule has 2 heterocycles. The molecule has 2 aliphatic rings. The molecule has 1 unspecified atom stereocenters. The first-order valence-corrected chi connectivity index (χ1v) is 12.5. The van der Waals surface area contributed by atoms with E-state index >= 15 is 0 Å². The maximum absolute atomic E-state index is 13.3. The Morgan fingerprint density at radius 2 is 1.97 bits per heavy atom. The van der Waals surface area contributed by atoms with E-state index in [1.54, 1.807) is 13.2 Å². The molecule has 4 atom stereocenters. The Morgan fingerprint density at radius 1 is 1.21 bits per heavy atom. The minimum absolute atomic E-state index is 0.0622. The van der Waals surface area contributed by atoms with Gasteiger partial charge >= 0.3 is 12.0 Å². The number of urea groups is 1. The molecule has 1 saturated heterocycles. The number of carbonyl (C=O) groups is 3. The lowest BCUT2D eigenvalue weighted by Gasteiger charge is -2.24. The van der Waals surface area contributed by atoms with Crippen molar-refractivity contribution in [2.24, 2.45) is 11.8 Å². The number of carboxylic acid groups (broad SMARTS) is 1. The number of rotatable bonds is 8. The van der Waals surface area contributed by atoms with Gasteiger partial charge in [0.15, 0.2) is 0 Å². The van der Waals surface area contributed by atoms with E-state index < -0.39 is 35.6 Å². The number of nitrogens with two attached hydrogens (primary N) is 1. The fourth-order valence-electron chi connectivity index (χ4n) is 5.09. The van der Waals surface area contributed by atoms with Crippen LogP contribution in [-0.4, -0.2) is 64.2 Å². The van der Waals surface area contributed by atoms with Gasteiger partial charge in [-0.05, 0) is 18.6 Å². The predicted octanol–water partition coefficient (Wildman–Crippen LogP) is 2.46. The molecule has 1 aliphatic heterocycles. The first-order chi connectivity index (χ1) is 18.8. The third kappa shape index (κ3) is 4.84. The first-order valence-electron chi connectivity index (χ1n) is 12.5. The number of nitrogens with zero attached hydrogens (tertiary/aromatic N) is 2. The number of benzene rings is 2. The molecule has 0 radical (unpaired) electrons. The van der Waals surface area contributed by atoms with Crippen LogP contribution in [-0.2, 0) is 9.59 Å². The van der Waals surface area contributed by atoms with Crippen LogP contribution < -0.4 is 26.1 Å². The molecule has 1 aromatic heterocycles. The summed E-state index contributed by atoms with van der Waals surface area (Å²) in [6, 6.07) is 15.2. The molecule has 39 heavy (non-hydrogen) atoms. The average molecular weight is 532 g/mol. The van der Waals surface area contributed by atoms with Crippen molar-refractivity contribution in [1.82, 2.24) is 20.6 Å². The molecule has 0 spiro atoms. The van der Waals surface area contributed by atoms with Crippen molar-refractivity contribution in [3.8, 4) is 22.8 Å². The van der Waals surface area contributed by atoms with Crippen molar-refractivity contribution < 1.29 is 29.0 Å². The minimum Gasteiger partial charge on any atom is -0.497 e. The normalized spacial score (nSPS) is 23.6. The molecule has 2 fully saturated rings. The molecule has 1 saturated carbocycles. The molecule has 202 valence electrons. The highest BCUT2D eigenvalue weighted by Gasteiger charge is 2.61. The summed E-state index contributed by atoms with van der Waals surface area (Å²) >= 11 is 0. The molecule has 0 bridgehead atoms. The van der Waals surface area contributed by atoms with E-state index in [0.29, 0.717) is 22.7 Å². The lowest BCUT2D eigenvalue weighted by atomic mass is 10.1. The highest BCUT2D eigenvalue weighted by Crippen LogP contribution is 2.45. The number of hydrazine groups is 1. The number of likely N-dealkylation sites (tertiary alicyclic amines) is 1. The molecule has 3 amide bonds. The number of aromatic nitrogens is 1. The maximum Gasteiger partial charge on any atom is 0.332 e. The third-order valence-electron chi connectivity index (χ3n) is 7.32. The van der Waals surface area contributed by atoms with Gasteiger partial charge in [-0.15, -0.1) is 6.58 Å². The zero-order valence-electron chi connectivity index (χ0n) is 21.3. The number of methoxy groups -OCH3 is 1. The van der Waals surface area contributed by atoms with Crippen molar-refractivity contribution >= 4 is 28.8 Å². The van der Waals surface area contributed by atoms with Crippen molar-refractivity contribution in [2.45, 2.75) is 30.5 Å². The topological polar surface area (TPSA) is 156 Å². The highest BCUT2D eigenvalue weighted by atomic mass is 16.5. The quantitative estimate of drug-likeness (QED) is 0.149. The smallest absolute Gasteiger partial charge is 0.332 e. The Labute approximate surface area is 224 Å². The van der Waals surface area contributed by atoms with Gasteiger partial charge in [0.25, 0.3) is 0 Å². The molecule has 11 heteroatoms. The number of hydrogen-bond donors (Lipinski definition) is 4. The monoisotopic (exact) mass is 531 g/mol. The number of aliphatic carboxylic acids is 1. The van der Waals surface area contributed by atoms with Gasteiger partial charge in [0.2, 0.25) is 5.91 Å². The Morgan fingerprint density at radius 3 is 2.62 bits per heavy atom. The van der Waals surface area contributed by atoms with E-state index in [9.17, 15) is 19.5 Å². The van der Waals surface area contributed by atoms with E-state index in [1.165, 1.54) is 11.0 Å². The summed E-state index contributed by atoms with van der Waals surface area (Å²) in [5.41, 5.74) is 2.87. The number of amides is 3. The van der Waals surface area contributed by atoms with Crippen LogP contribution in [0.4, 0.5) is 4.79 Å². The van der Waals surface area contributed by atoms with Gasteiger partial charge in [-0.25, -0.2) is 20.4 Å². The van der Waals surface area contributed by atoms with E-state index in [0.717, 1.165) is 10.9 Å². The van der Waals surface area contributed by atoms with Crippen LogP contribution in [0.2, 0.25) is 0 Å². The number of carboxylic acids is 1. The zero-order chi connectivity index (χ0) is 27.7. The van der Waals surface area contributed by atoms with Crippen LogP contribution in [0, 0.1) is 5.92 Å². The van der Waals surface area contributed by atoms with Gasteiger partial charge in [0.05, 0.1) is 24.9 Å². The zero-order valence-corrected chi connectivity index (χ0v) is 21.3. The predicted molar refractivity (Wildman–Crippen MR) is 143 cm³/mol. The number of carbonyl (C=O) groups excluding carboxylic acids is 2. The number of ether oxygens (including phenoxy) is 2. The van der Waals surface area contributed by atoms with Crippen LogP contribution in [0.15, 0.2) is 67.3 Å². The Kier molecular flexibility index (Phi) is 6.83. The lowest BCUT2D eigenvalue weighted by molar-refractivity contribution is -0.144. The van der Waals surface area contributed by atoms with Gasteiger partial charge in [0.1, 0.15) is 29.2 Å². The molecular formula is C28H29N5O6. The van der Waals surface area contributed by atoms with Crippen molar-refractivity contribution in [2.75, 3.05) is 13.7 Å². The number of nitrogens with one attached hydrogen (secondary N) is 2. The number of pyridine rings is 1.